The lowest BCUT2D eigenvalue weighted by molar-refractivity contribution is -0.148. The first kappa shape index (κ1) is 26.8. The highest BCUT2D eigenvalue weighted by Crippen LogP contribution is 2.52. The van der Waals surface area contributed by atoms with Crippen LogP contribution in [0.3, 0.4) is 0 Å². The summed E-state index contributed by atoms with van der Waals surface area (Å²) in [5, 5.41) is 47.6. The topological polar surface area (TPSA) is 186 Å². The third kappa shape index (κ3) is 4.11. The average molecular weight is 515 g/mol. The van der Waals surface area contributed by atoms with Gasteiger partial charge in [-0.2, -0.15) is 0 Å². The molecule has 7 N–H and O–H groups in total. The number of aliphatic hydroxyl groups is 3. The van der Waals surface area contributed by atoms with E-state index >= 15 is 0 Å². The lowest BCUT2D eigenvalue weighted by atomic mass is 9.58. The summed E-state index contributed by atoms with van der Waals surface area (Å²) in [5.41, 5.74) is 2.76. The Hall–Kier alpha value is -3.28. The van der Waals surface area contributed by atoms with Gasteiger partial charge in [-0.1, -0.05) is 20.8 Å². The monoisotopic (exact) mass is 514 g/mol. The first-order chi connectivity index (χ1) is 17.1. The second-order valence-electron chi connectivity index (χ2n) is 11.6. The van der Waals surface area contributed by atoms with Crippen LogP contribution in [0.2, 0.25) is 0 Å². The van der Waals surface area contributed by atoms with Crippen LogP contribution < -0.4 is 11.1 Å². The molecule has 1 amide bonds. The molecule has 0 saturated carbocycles. The quantitative estimate of drug-likeness (QED) is 0.305. The fraction of sp³-hybridized carbons (Fsp3) is 0.538. The molecule has 0 bridgehead atoms. The number of hydrogen-bond donors (Lipinski definition) is 6. The molecule has 1 aromatic heterocycles. The van der Waals surface area contributed by atoms with Crippen molar-refractivity contribution in [3.05, 3.63) is 45.7 Å². The van der Waals surface area contributed by atoms with Crippen LogP contribution in [0.4, 0.5) is 0 Å². The van der Waals surface area contributed by atoms with Crippen molar-refractivity contribution >= 4 is 17.5 Å². The number of primary amides is 1. The Morgan fingerprint density at radius 3 is 2.46 bits per heavy atom. The summed E-state index contributed by atoms with van der Waals surface area (Å²) in [6, 6.07) is -1.03. The largest absolute Gasteiger partial charge is 0.510 e. The van der Waals surface area contributed by atoms with Gasteiger partial charge < -0.3 is 31.5 Å². The maximum atomic E-state index is 13.7. The fourth-order valence-electron chi connectivity index (χ4n) is 5.91. The number of nitrogens with one attached hydrogen (secondary N) is 1. The fourth-order valence-corrected chi connectivity index (χ4v) is 5.91. The Balaban J connectivity index is 1.84. The number of ketones is 2. The summed E-state index contributed by atoms with van der Waals surface area (Å²) in [5.74, 6) is -6.77. The van der Waals surface area contributed by atoms with E-state index in [2.05, 4.69) is 31.1 Å². The molecule has 11 nitrogen and oxygen atoms in total. The van der Waals surface area contributed by atoms with Gasteiger partial charge >= 0.3 is 0 Å². The number of aliphatic hydroxyl groups excluding tert-OH is 2. The van der Waals surface area contributed by atoms with Gasteiger partial charge in [0, 0.05) is 24.6 Å². The third-order valence-electron chi connectivity index (χ3n) is 7.51. The number of pyridine rings is 1. The van der Waals surface area contributed by atoms with E-state index in [1.165, 1.54) is 11.1 Å². The molecule has 1 aromatic rings. The molecule has 0 radical (unpaired) electrons. The molecular formula is C26H34N4O7. The maximum Gasteiger partial charge on any atom is 0.255 e. The number of carbonyl (C=O) groups is 3. The van der Waals surface area contributed by atoms with Crippen LogP contribution in [0.5, 0.6) is 5.75 Å². The number of Topliss-reactive ketones (excluding diaryl/α,β-unsaturated/α-hetero) is 2. The zero-order chi connectivity index (χ0) is 27.6. The van der Waals surface area contributed by atoms with Crippen molar-refractivity contribution in [3.8, 4) is 5.75 Å². The summed E-state index contributed by atoms with van der Waals surface area (Å²) in [6.07, 6.45) is 1.42. The number of aromatic hydroxyl groups is 1. The second kappa shape index (κ2) is 8.93. The Morgan fingerprint density at radius 1 is 1.24 bits per heavy atom. The predicted octanol–water partition coefficient (Wildman–Crippen LogP) is 0.651. The van der Waals surface area contributed by atoms with Gasteiger partial charge in [0.05, 0.1) is 23.5 Å². The lowest BCUT2D eigenvalue weighted by Crippen LogP contribution is -2.63. The van der Waals surface area contributed by atoms with E-state index in [0.29, 0.717) is 24.3 Å². The molecule has 3 aliphatic rings. The number of rotatable bonds is 5. The minimum absolute atomic E-state index is 0.0102. The van der Waals surface area contributed by atoms with Crippen LogP contribution >= 0.6 is 0 Å². The number of nitrogens with two attached hydrogens (primary N) is 1. The van der Waals surface area contributed by atoms with Gasteiger partial charge in [0.15, 0.2) is 11.4 Å². The highest BCUT2D eigenvalue weighted by atomic mass is 16.3. The highest BCUT2D eigenvalue weighted by Gasteiger charge is 2.63. The van der Waals surface area contributed by atoms with Crippen LogP contribution in [0, 0.1) is 17.3 Å². The maximum absolute atomic E-state index is 13.7. The van der Waals surface area contributed by atoms with E-state index < -0.39 is 58.0 Å². The van der Waals surface area contributed by atoms with Crippen molar-refractivity contribution < 1.29 is 34.8 Å². The van der Waals surface area contributed by atoms with Gasteiger partial charge in [-0.25, -0.2) is 0 Å². The molecule has 0 aromatic carbocycles. The van der Waals surface area contributed by atoms with Crippen molar-refractivity contribution in [1.82, 2.24) is 15.2 Å². The van der Waals surface area contributed by atoms with E-state index in [0.717, 1.165) is 0 Å². The molecule has 0 saturated heterocycles. The first-order valence-electron chi connectivity index (χ1n) is 12.2. The normalized spacial score (nSPS) is 27.8. The Bertz CT molecular complexity index is 1260. The van der Waals surface area contributed by atoms with Gasteiger partial charge in [-0.05, 0) is 43.8 Å². The lowest BCUT2D eigenvalue weighted by Gasteiger charge is -2.50. The molecule has 0 unspecified atom stereocenters. The van der Waals surface area contributed by atoms with Crippen molar-refractivity contribution in [2.45, 2.75) is 51.8 Å². The van der Waals surface area contributed by atoms with Crippen molar-refractivity contribution in [2.24, 2.45) is 23.0 Å². The van der Waals surface area contributed by atoms with E-state index in [4.69, 9.17) is 5.73 Å². The SMILES string of the molecule is CN(C)[C@@H]1C(O)=C(C(N)=O)C(=O)[C@@]2(O)C(O)=C3C(=O)c4c(O)cnc(CNCC(C)(C)C)c4C[C@H]3C[C@@H]12. The molecule has 0 fully saturated rings. The van der Waals surface area contributed by atoms with Gasteiger partial charge in [0.1, 0.15) is 22.8 Å². The summed E-state index contributed by atoms with van der Waals surface area (Å²) < 4.78 is 0. The number of amides is 1. The van der Waals surface area contributed by atoms with Crippen LogP contribution in [-0.2, 0) is 22.6 Å². The number of likely N-dealkylation sites (N-methyl/N-ethyl adjacent to an activating group) is 1. The summed E-state index contributed by atoms with van der Waals surface area (Å²) in [6.45, 7) is 7.26. The van der Waals surface area contributed by atoms with Gasteiger partial charge in [-0.15, -0.1) is 0 Å². The van der Waals surface area contributed by atoms with Gasteiger partial charge in [0.25, 0.3) is 5.91 Å². The van der Waals surface area contributed by atoms with E-state index in [1.54, 1.807) is 14.1 Å². The van der Waals surface area contributed by atoms with Crippen LogP contribution in [0.1, 0.15) is 48.8 Å². The van der Waals surface area contributed by atoms with E-state index in [9.17, 15) is 34.8 Å². The van der Waals surface area contributed by atoms with Crippen molar-refractivity contribution in [1.29, 1.82) is 0 Å². The summed E-state index contributed by atoms with van der Waals surface area (Å²) in [7, 11) is 3.18. The Morgan fingerprint density at radius 2 is 1.89 bits per heavy atom. The third-order valence-corrected chi connectivity index (χ3v) is 7.51. The van der Waals surface area contributed by atoms with Crippen LogP contribution in [0.25, 0.3) is 0 Å². The number of hydrogen-bond acceptors (Lipinski definition) is 10. The minimum Gasteiger partial charge on any atom is -0.510 e. The molecule has 1 heterocycles. The number of allylic oxidation sites excluding steroid dienone is 1. The molecule has 4 rings (SSSR count). The van der Waals surface area contributed by atoms with Crippen LogP contribution in [0.15, 0.2) is 28.9 Å². The molecule has 11 heteroatoms. The van der Waals surface area contributed by atoms with E-state index in [-0.39, 0.29) is 35.1 Å². The minimum atomic E-state index is -2.65. The molecule has 0 aliphatic heterocycles. The smallest absolute Gasteiger partial charge is 0.255 e. The van der Waals surface area contributed by atoms with Gasteiger partial charge in [0.2, 0.25) is 5.78 Å². The molecule has 37 heavy (non-hydrogen) atoms. The van der Waals surface area contributed by atoms with Crippen LogP contribution in [-0.4, -0.2) is 80.1 Å². The number of nitrogens with zero attached hydrogens (tertiary/aromatic N) is 2. The second-order valence-corrected chi connectivity index (χ2v) is 11.6. The summed E-state index contributed by atoms with van der Waals surface area (Å²) in [4.78, 5) is 44.9. The molecular weight excluding hydrogens is 480 g/mol. The predicted molar refractivity (Wildman–Crippen MR) is 133 cm³/mol. The number of fused-ring (bicyclic) bond motifs is 3. The first-order valence-corrected chi connectivity index (χ1v) is 12.2. The number of carbonyl (C=O) groups excluding carboxylic acids is 3. The van der Waals surface area contributed by atoms with Crippen molar-refractivity contribution in [3.63, 3.8) is 0 Å². The Labute approximate surface area is 214 Å². The molecule has 4 atom stereocenters. The zero-order valence-corrected chi connectivity index (χ0v) is 21.6. The van der Waals surface area contributed by atoms with Gasteiger partial charge in [-0.3, -0.25) is 24.3 Å². The number of aromatic nitrogens is 1. The molecule has 200 valence electrons. The molecule has 0 spiro atoms. The Kier molecular flexibility index (Phi) is 6.46. The average Bonchev–Trinajstić information content (AvgIpc) is 2.76. The van der Waals surface area contributed by atoms with E-state index in [1.807, 2.05) is 0 Å². The summed E-state index contributed by atoms with van der Waals surface area (Å²) >= 11 is 0. The molecule has 3 aliphatic carbocycles. The van der Waals surface area contributed by atoms with Crippen molar-refractivity contribution in [2.75, 3.05) is 20.6 Å². The highest BCUT2D eigenvalue weighted by molar-refractivity contribution is 6.24. The zero-order valence-electron chi connectivity index (χ0n) is 21.6. The standard InChI is InChI=1S/C26H34N4O7/c1-25(2,3)10-28-8-14-12-6-11-7-13-19(30(4)5)21(33)18(24(27)36)23(35)26(13,37)22(34)16(11)20(32)17(12)15(31)9-29-14/h9,11,13,19,28,31,33-34,37H,6-8,10H2,1-5H3,(H2,27,36)/t11-,13-,19-,26-/m0/s1.